The molecule has 4 N–H and O–H groups in total. The van der Waals surface area contributed by atoms with Crippen LogP contribution in [-0.4, -0.2) is 46.1 Å². The van der Waals surface area contributed by atoms with Crippen molar-refractivity contribution in [2.24, 2.45) is 0 Å². The van der Waals surface area contributed by atoms with E-state index in [4.69, 9.17) is 0 Å². The van der Waals surface area contributed by atoms with Crippen LogP contribution in [-0.2, 0) is 4.79 Å². The molecule has 3 unspecified atom stereocenters. The number of nitrogens with one attached hydrogen (secondary N) is 1. The van der Waals surface area contributed by atoms with Gasteiger partial charge in [-0.1, -0.05) is 290 Å². The van der Waals surface area contributed by atoms with Crippen LogP contribution in [0.4, 0.5) is 0 Å². The number of aliphatic hydroxyl groups excluding tert-OH is 3. The minimum absolute atomic E-state index is 0.136. The summed E-state index contributed by atoms with van der Waals surface area (Å²) < 4.78 is 0. The fraction of sp³-hybridized carbons (Fsp3) is 0.981. The standard InChI is InChI=1S/C53H107NO4/c1-3-5-7-9-11-13-15-17-19-21-23-25-27-29-31-33-35-37-39-41-43-45-47-51(56)53(58)50(49-55)54-52(57)48-46-44-42-40-38-36-34-32-30-28-26-24-22-20-18-16-14-12-10-8-6-4-2/h50-51,53,55-56,58H,3-49H2,1-2H3,(H,54,57). The van der Waals surface area contributed by atoms with Crippen molar-refractivity contribution in [1.29, 1.82) is 0 Å². The molecule has 0 fully saturated rings. The van der Waals surface area contributed by atoms with E-state index in [2.05, 4.69) is 19.2 Å². The van der Waals surface area contributed by atoms with Crippen molar-refractivity contribution >= 4 is 5.91 Å². The summed E-state index contributed by atoms with van der Waals surface area (Å²) in [5.74, 6) is -0.136. The predicted octanol–water partition coefficient (Wildman–Crippen LogP) is 16.2. The van der Waals surface area contributed by atoms with E-state index < -0.39 is 18.2 Å². The summed E-state index contributed by atoms with van der Waals surface area (Å²) >= 11 is 0. The molecule has 0 aromatic rings. The lowest BCUT2D eigenvalue weighted by molar-refractivity contribution is -0.124. The van der Waals surface area contributed by atoms with E-state index in [0.29, 0.717) is 12.8 Å². The molecule has 0 aromatic heterocycles. The number of rotatable bonds is 50. The summed E-state index contributed by atoms with van der Waals surface area (Å²) in [5, 5.41) is 33.8. The molecule has 0 aliphatic carbocycles. The Morgan fingerprint density at radius 2 is 0.586 bits per heavy atom. The van der Waals surface area contributed by atoms with Crippen LogP contribution >= 0.6 is 0 Å². The van der Waals surface area contributed by atoms with Crippen molar-refractivity contribution < 1.29 is 20.1 Å². The molecule has 0 radical (unpaired) electrons. The average Bonchev–Trinajstić information content (AvgIpc) is 3.23. The van der Waals surface area contributed by atoms with Gasteiger partial charge < -0.3 is 20.6 Å². The van der Waals surface area contributed by atoms with Gasteiger partial charge in [-0.25, -0.2) is 0 Å². The van der Waals surface area contributed by atoms with Gasteiger partial charge in [0.25, 0.3) is 0 Å². The number of amides is 1. The van der Waals surface area contributed by atoms with Gasteiger partial charge in [0.1, 0.15) is 6.10 Å². The molecule has 0 saturated heterocycles. The molecule has 0 bridgehead atoms. The van der Waals surface area contributed by atoms with Crippen molar-refractivity contribution in [3.05, 3.63) is 0 Å². The molecule has 0 aromatic carbocycles. The van der Waals surface area contributed by atoms with Crippen LogP contribution < -0.4 is 5.32 Å². The Labute approximate surface area is 364 Å². The fourth-order valence-corrected chi connectivity index (χ4v) is 8.81. The molecule has 0 heterocycles. The molecular formula is C53H107NO4. The third-order valence-corrected chi connectivity index (χ3v) is 13.0. The van der Waals surface area contributed by atoms with Gasteiger partial charge in [-0.05, 0) is 12.8 Å². The maximum atomic E-state index is 12.5. The molecule has 5 nitrogen and oxygen atoms in total. The van der Waals surface area contributed by atoms with Crippen LogP contribution in [0.3, 0.4) is 0 Å². The Bertz CT molecular complexity index is 777. The molecule has 1 amide bonds. The van der Waals surface area contributed by atoms with Gasteiger partial charge in [0.2, 0.25) is 5.91 Å². The van der Waals surface area contributed by atoms with Gasteiger partial charge in [0.05, 0.1) is 18.8 Å². The van der Waals surface area contributed by atoms with E-state index >= 15 is 0 Å². The zero-order valence-electron chi connectivity index (χ0n) is 39.7. The molecular weight excluding hydrogens is 715 g/mol. The summed E-state index contributed by atoms with van der Waals surface area (Å²) in [4.78, 5) is 12.5. The highest BCUT2D eigenvalue weighted by Crippen LogP contribution is 2.18. The SMILES string of the molecule is CCCCCCCCCCCCCCCCCCCCCCCCC(=O)NC(CO)C(O)C(O)CCCCCCCCCCCCCCCCCCCCCCCC. The molecule has 0 aliphatic heterocycles. The van der Waals surface area contributed by atoms with Crippen LogP contribution in [0.1, 0.15) is 309 Å². The Hall–Kier alpha value is -0.650. The number of hydrogen-bond acceptors (Lipinski definition) is 4. The molecule has 0 aliphatic rings. The maximum absolute atomic E-state index is 12.5. The third-order valence-electron chi connectivity index (χ3n) is 13.0. The number of unbranched alkanes of at least 4 members (excludes halogenated alkanes) is 42. The number of hydrogen-bond donors (Lipinski definition) is 4. The highest BCUT2D eigenvalue weighted by atomic mass is 16.3. The molecule has 58 heavy (non-hydrogen) atoms. The molecule has 5 heteroatoms. The lowest BCUT2D eigenvalue weighted by atomic mass is 9.99. The van der Waals surface area contributed by atoms with Gasteiger partial charge >= 0.3 is 0 Å². The maximum Gasteiger partial charge on any atom is 0.220 e. The van der Waals surface area contributed by atoms with Crippen molar-refractivity contribution in [2.75, 3.05) is 6.61 Å². The van der Waals surface area contributed by atoms with E-state index in [-0.39, 0.29) is 12.5 Å². The fourth-order valence-electron chi connectivity index (χ4n) is 8.81. The first-order valence-electron chi connectivity index (χ1n) is 26.8. The number of carbonyl (C=O) groups is 1. The normalized spacial score (nSPS) is 13.3. The van der Waals surface area contributed by atoms with Crippen LogP contribution in [0.5, 0.6) is 0 Å². The highest BCUT2D eigenvalue weighted by Gasteiger charge is 2.26. The molecule has 0 saturated carbocycles. The van der Waals surface area contributed by atoms with Crippen molar-refractivity contribution in [3.63, 3.8) is 0 Å². The van der Waals surface area contributed by atoms with Crippen molar-refractivity contribution in [2.45, 2.75) is 327 Å². The second-order valence-electron chi connectivity index (χ2n) is 18.8. The van der Waals surface area contributed by atoms with E-state index in [1.54, 1.807) is 0 Å². The summed E-state index contributed by atoms with van der Waals surface area (Å²) in [6.45, 7) is 4.22. The van der Waals surface area contributed by atoms with E-state index in [9.17, 15) is 20.1 Å². The topological polar surface area (TPSA) is 89.8 Å². The lowest BCUT2D eigenvalue weighted by Gasteiger charge is -2.26. The van der Waals surface area contributed by atoms with E-state index in [1.807, 2.05) is 0 Å². The third kappa shape index (κ3) is 43.4. The Kier molecular flexibility index (Phi) is 48.5. The second kappa shape index (κ2) is 49.0. The minimum Gasteiger partial charge on any atom is -0.394 e. The molecule has 348 valence electrons. The van der Waals surface area contributed by atoms with Crippen LogP contribution in [0.2, 0.25) is 0 Å². The summed E-state index contributed by atoms with van der Waals surface area (Å²) in [6.07, 6.45) is 58.1. The van der Waals surface area contributed by atoms with Crippen LogP contribution in [0, 0.1) is 0 Å². The zero-order chi connectivity index (χ0) is 42.3. The van der Waals surface area contributed by atoms with Crippen LogP contribution in [0.25, 0.3) is 0 Å². The molecule has 0 rings (SSSR count). The predicted molar refractivity (Wildman–Crippen MR) is 255 cm³/mol. The Morgan fingerprint density at radius 1 is 0.362 bits per heavy atom. The first-order chi connectivity index (χ1) is 28.6. The van der Waals surface area contributed by atoms with Gasteiger partial charge in [-0.3, -0.25) is 4.79 Å². The minimum atomic E-state index is -1.13. The Morgan fingerprint density at radius 3 is 0.828 bits per heavy atom. The van der Waals surface area contributed by atoms with Gasteiger partial charge in [-0.2, -0.15) is 0 Å². The van der Waals surface area contributed by atoms with Crippen molar-refractivity contribution in [1.82, 2.24) is 5.32 Å². The van der Waals surface area contributed by atoms with Gasteiger partial charge in [-0.15, -0.1) is 0 Å². The van der Waals surface area contributed by atoms with E-state index in [0.717, 1.165) is 32.1 Å². The molecule has 0 spiro atoms. The first-order valence-corrected chi connectivity index (χ1v) is 26.8. The molecule has 3 atom stereocenters. The van der Waals surface area contributed by atoms with Crippen LogP contribution in [0.15, 0.2) is 0 Å². The van der Waals surface area contributed by atoms with E-state index in [1.165, 1.54) is 250 Å². The monoisotopic (exact) mass is 822 g/mol. The first kappa shape index (κ1) is 57.3. The lowest BCUT2D eigenvalue weighted by Crippen LogP contribution is -2.50. The highest BCUT2D eigenvalue weighted by molar-refractivity contribution is 5.76. The quantitative estimate of drug-likeness (QED) is 0.0460. The number of aliphatic hydroxyl groups is 3. The second-order valence-corrected chi connectivity index (χ2v) is 18.8. The number of carbonyl (C=O) groups excluding carboxylic acids is 1. The largest absolute Gasteiger partial charge is 0.394 e. The smallest absolute Gasteiger partial charge is 0.220 e. The Balaban J connectivity index is 3.51. The van der Waals surface area contributed by atoms with Crippen molar-refractivity contribution in [3.8, 4) is 0 Å². The zero-order valence-corrected chi connectivity index (χ0v) is 39.7. The van der Waals surface area contributed by atoms with Gasteiger partial charge in [0, 0.05) is 6.42 Å². The summed E-state index contributed by atoms with van der Waals surface area (Å²) in [5.41, 5.74) is 0. The average molecular weight is 822 g/mol. The summed E-state index contributed by atoms with van der Waals surface area (Å²) in [7, 11) is 0. The van der Waals surface area contributed by atoms with Gasteiger partial charge in [0.15, 0.2) is 0 Å². The summed E-state index contributed by atoms with van der Waals surface area (Å²) in [6, 6.07) is -0.804.